The maximum Gasteiger partial charge on any atom is 0.240 e. The lowest BCUT2D eigenvalue weighted by molar-refractivity contribution is 0.274. The van der Waals surface area contributed by atoms with Crippen LogP contribution in [-0.2, 0) is 20.0 Å². The Morgan fingerprint density at radius 1 is 0.917 bits per heavy atom. The quantitative estimate of drug-likeness (QED) is 0.601. The summed E-state index contributed by atoms with van der Waals surface area (Å²) in [5, 5.41) is 5.00. The van der Waals surface area contributed by atoms with Gasteiger partial charge < -0.3 is 4.90 Å². The van der Waals surface area contributed by atoms with Gasteiger partial charge in [-0.3, -0.25) is 0 Å². The molecule has 0 aliphatic carbocycles. The van der Waals surface area contributed by atoms with Crippen molar-refractivity contribution in [2.24, 2.45) is 5.14 Å². The number of rotatable bonds is 11. The molecule has 1 aromatic carbocycles. The fraction of sp³-hybridized carbons (Fsp3) is 0.600. The van der Waals surface area contributed by atoms with Crippen LogP contribution in [-0.4, -0.2) is 47.9 Å². The van der Waals surface area contributed by atoms with Crippen molar-refractivity contribution in [3.05, 3.63) is 24.3 Å². The molecule has 0 saturated heterocycles. The topological polar surface area (TPSA) is 110 Å². The number of benzene rings is 1. The highest BCUT2D eigenvalue weighted by atomic mass is 32.2. The summed E-state index contributed by atoms with van der Waals surface area (Å²) in [6.45, 7) is 7.05. The molecule has 3 N–H and O–H groups in total. The maximum atomic E-state index is 12.2. The smallest absolute Gasteiger partial charge is 0.240 e. The minimum Gasteiger partial charge on any atom is -0.302 e. The van der Waals surface area contributed by atoms with E-state index in [9.17, 15) is 16.8 Å². The lowest BCUT2D eigenvalue weighted by Gasteiger charge is -2.21. The Kier molecular flexibility index (Phi) is 8.31. The van der Waals surface area contributed by atoms with Gasteiger partial charge in [0.25, 0.3) is 0 Å². The summed E-state index contributed by atoms with van der Waals surface area (Å²) in [5.74, 6) is 0. The zero-order valence-corrected chi connectivity index (χ0v) is 15.9. The predicted octanol–water partition coefficient (Wildman–Crippen LogP) is 1.12. The van der Waals surface area contributed by atoms with Crippen molar-refractivity contribution in [2.45, 2.75) is 42.9 Å². The Hall–Kier alpha value is -1.00. The highest BCUT2D eigenvalue weighted by molar-refractivity contribution is 7.89. The fourth-order valence-electron chi connectivity index (χ4n) is 2.26. The Bertz CT molecular complexity index is 701. The van der Waals surface area contributed by atoms with Gasteiger partial charge in [-0.1, -0.05) is 20.3 Å². The first-order chi connectivity index (χ1) is 11.2. The van der Waals surface area contributed by atoms with Crippen LogP contribution in [0.1, 0.15) is 33.1 Å². The molecule has 0 bridgehead atoms. The molecular weight excluding hydrogens is 350 g/mol. The molecule has 138 valence electrons. The van der Waals surface area contributed by atoms with Gasteiger partial charge in [-0.25, -0.2) is 26.7 Å². The summed E-state index contributed by atoms with van der Waals surface area (Å²) in [4.78, 5) is 2.14. The summed E-state index contributed by atoms with van der Waals surface area (Å²) in [6, 6.07) is 4.86. The summed E-state index contributed by atoms with van der Waals surface area (Å²) >= 11 is 0. The molecule has 1 aromatic rings. The van der Waals surface area contributed by atoms with Crippen molar-refractivity contribution in [3.63, 3.8) is 0 Å². The van der Waals surface area contributed by atoms with Gasteiger partial charge in [0.05, 0.1) is 9.79 Å². The van der Waals surface area contributed by atoms with Crippen LogP contribution in [0.25, 0.3) is 0 Å². The lowest BCUT2D eigenvalue weighted by atomic mass is 10.3. The first kappa shape index (κ1) is 21.0. The third kappa shape index (κ3) is 6.86. The van der Waals surface area contributed by atoms with E-state index in [0.29, 0.717) is 13.1 Å². The Morgan fingerprint density at radius 3 is 2.00 bits per heavy atom. The molecule has 0 saturated carbocycles. The van der Waals surface area contributed by atoms with Crippen LogP contribution in [0, 0.1) is 0 Å². The summed E-state index contributed by atoms with van der Waals surface area (Å²) in [6.07, 6.45) is 3.20. The molecule has 0 fully saturated rings. The van der Waals surface area contributed by atoms with E-state index < -0.39 is 20.0 Å². The van der Waals surface area contributed by atoms with E-state index in [2.05, 4.69) is 23.5 Å². The largest absolute Gasteiger partial charge is 0.302 e. The number of hydrogen-bond donors (Lipinski definition) is 2. The van der Waals surface area contributed by atoms with Gasteiger partial charge >= 0.3 is 0 Å². The normalized spacial score (nSPS) is 12.7. The number of nitrogens with two attached hydrogens (primary N) is 1. The number of unbranched alkanes of at least 4 members (excludes halogenated alkanes) is 1. The van der Waals surface area contributed by atoms with Crippen molar-refractivity contribution in [3.8, 4) is 0 Å². The highest BCUT2D eigenvalue weighted by Crippen LogP contribution is 2.13. The molecule has 7 nitrogen and oxygen atoms in total. The van der Waals surface area contributed by atoms with Crippen molar-refractivity contribution in [2.75, 3.05) is 26.2 Å². The molecule has 0 unspecified atom stereocenters. The van der Waals surface area contributed by atoms with Gasteiger partial charge in [-0.2, -0.15) is 0 Å². The third-order valence-corrected chi connectivity index (χ3v) is 5.96. The van der Waals surface area contributed by atoms with Crippen LogP contribution in [0.5, 0.6) is 0 Å². The molecule has 0 aromatic heterocycles. The first-order valence-electron chi connectivity index (χ1n) is 8.05. The van der Waals surface area contributed by atoms with Gasteiger partial charge in [-0.15, -0.1) is 0 Å². The molecule has 1 rings (SSSR count). The first-order valence-corrected chi connectivity index (χ1v) is 11.1. The second-order valence-corrected chi connectivity index (χ2v) is 8.94. The Balaban J connectivity index is 2.65. The van der Waals surface area contributed by atoms with Crippen molar-refractivity contribution >= 4 is 20.0 Å². The van der Waals surface area contributed by atoms with Crippen LogP contribution in [0.15, 0.2) is 34.1 Å². The van der Waals surface area contributed by atoms with Crippen molar-refractivity contribution in [1.29, 1.82) is 0 Å². The van der Waals surface area contributed by atoms with Gasteiger partial charge in [0.1, 0.15) is 0 Å². The number of nitrogens with one attached hydrogen (secondary N) is 1. The van der Waals surface area contributed by atoms with Crippen LogP contribution >= 0.6 is 0 Å². The van der Waals surface area contributed by atoms with Gasteiger partial charge in [0.2, 0.25) is 20.0 Å². The molecule has 0 radical (unpaired) electrons. The van der Waals surface area contributed by atoms with Gasteiger partial charge in [0, 0.05) is 13.1 Å². The van der Waals surface area contributed by atoms with Crippen LogP contribution in [0.2, 0.25) is 0 Å². The average Bonchev–Trinajstić information content (AvgIpc) is 2.51. The molecule has 24 heavy (non-hydrogen) atoms. The number of hydrogen-bond acceptors (Lipinski definition) is 5. The monoisotopic (exact) mass is 377 g/mol. The van der Waals surface area contributed by atoms with E-state index in [1.54, 1.807) is 0 Å². The molecule has 0 spiro atoms. The predicted molar refractivity (Wildman–Crippen MR) is 94.6 cm³/mol. The minimum absolute atomic E-state index is 0.0190. The van der Waals surface area contributed by atoms with E-state index >= 15 is 0 Å². The molecule has 0 aliphatic rings. The van der Waals surface area contributed by atoms with Crippen molar-refractivity contribution in [1.82, 2.24) is 9.62 Å². The van der Waals surface area contributed by atoms with E-state index in [-0.39, 0.29) is 9.79 Å². The summed E-state index contributed by atoms with van der Waals surface area (Å²) in [7, 11) is -7.50. The minimum atomic E-state index is -3.83. The number of nitrogens with zero attached hydrogens (tertiary/aromatic N) is 1. The Morgan fingerprint density at radius 2 is 1.50 bits per heavy atom. The SMILES string of the molecule is CCCCN(CCC)CCNS(=O)(=O)c1ccc(S(N)(=O)=O)cc1. The zero-order chi connectivity index (χ0) is 18.2. The third-order valence-electron chi connectivity index (χ3n) is 3.55. The zero-order valence-electron chi connectivity index (χ0n) is 14.2. The number of sulfonamides is 2. The second-order valence-electron chi connectivity index (χ2n) is 5.61. The van der Waals surface area contributed by atoms with E-state index in [0.717, 1.165) is 32.4 Å². The van der Waals surface area contributed by atoms with Crippen molar-refractivity contribution < 1.29 is 16.8 Å². The fourth-order valence-corrected chi connectivity index (χ4v) is 3.80. The molecule has 0 atom stereocenters. The molecule has 0 amide bonds. The van der Waals surface area contributed by atoms with Crippen LogP contribution < -0.4 is 9.86 Å². The van der Waals surface area contributed by atoms with E-state index in [1.807, 2.05) is 0 Å². The van der Waals surface area contributed by atoms with E-state index in [1.165, 1.54) is 24.3 Å². The van der Waals surface area contributed by atoms with E-state index in [4.69, 9.17) is 5.14 Å². The standard InChI is InChI=1S/C15H27N3O4S2/c1-3-5-12-18(11-4-2)13-10-17-24(21,22)15-8-6-14(7-9-15)23(16,19)20/h6-9,17H,3-5,10-13H2,1-2H3,(H2,16,19,20). The number of primary sulfonamides is 1. The molecule has 0 aliphatic heterocycles. The van der Waals surface area contributed by atoms with Crippen LogP contribution in [0.4, 0.5) is 0 Å². The lowest BCUT2D eigenvalue weighted by Crippen LogP contribution is -2.36. The molecule has 0 heterocycles. The highest BCUT2D eigenvalue weighted by Gasteiger charge is 2.16. The van der Waals surface area contributed by atoms with Crippen LogP contribution in [0.3, 0.4) is 0 Å². The summed E-state index contributed by atoms with van der Waals surface area (Å²) < 4.78 is 49.4. The summed E-state index contributed by atoms with van der Waals surface area (Å²) in [5.41, 5.74) is 0. The van der Waals surface area contributed by atoms with Gasteiger partial charge in [0.15, 0.2) is 0 Å². The second kappa shape index (κ2) is 9.47. The maximum absolute atomic E-state index is 12.2. The molecule has 9 heteroatoms. The Labute approximate surface area is 145 Å². The molecular formula is C15H27N3O4S2. The average molecular weight is 378 g/mol. The van der Waals surface area contributed by atoms with Gasteiger partial charge in [-0.05, 0) is 50.2 Å².